The molecule has 0 spiro atoms. The van der Waals surface area contributed by atoms with Gasteiger partial charge in [0.25, 0.3) is 0 Å². The summed E-state index contributed by atoms with van der Waals surface area (Å²) in [4.78, 5) is 10.4. The van der Waals surface area contributed by atoms with E-state index in [1.54, 1.807) is 0 Å². The van der Waals surface area contributed by atoms with E-state index >= 15 is 0 Å². The Kier molecular flexibility index (Phi) is 4.23. The fourth-order valence-electron chi connectivity index (χ4n) is 1.70. The highest BCUT2D eigenvalue weighted by Crippen LogP contribution is 2.22. The van der Waals surface area contributed by atoms with E-state index in [-0.39, 0.29) is 12.2 Å². The molecule has 0 atom stereocenters. The minimum Gasteiger partial charge on any atom is -0.487 e. The monoisotopic (exact) mass is 262 g/mol. The first kappa shape index (κ1) is 13.2. The molecule has 2 aromatic carbocycles. The normalized spacial score (nSPS) is 10.2. The van der Waals surface area contributed by atoms with Crippen LogP contribution in [0, 0.1) is 11.6 Å². The van der Waals surface area contributed by atoms with Gasteiger partial charge in [0.15, 0.2) is 17.4 Å². The summed E-state index contributed by atoms with van der Waals surface area (Å²) in [6.45, 7) is 0.165. The zero-order valence-corrected chi connectivity index (χ0v) is 10.1. The maximum Gasteiger partial charge on any atom is 0.190 e. The summed E-state index contributed by atoms with van der Waals surface area (Å²) < 4.78 is 32.1. The van der Waals surface area contributed by atoms with Gasteiger partial charge in [0.1, 0.15) is 6.29 Å². The Balaban J connectivity index is 2.02. The first-order chi connectivity index (χ1) is 9.20. The molecule has 0 aromatic heterocycles. The summed E-state index contributed by atoms with van der Waals surface area (Å²) in [5.74, 6) is -2.17. The molecule has 19 heavy (non-hydrogen) atoms. The molecule has 2 nitrogen and oxygen atoms in total. The van der Waals surface area contributed by atoms with Gasteiger partial charge in [-0.05, 0) is 17.7 Å². The van der Waals surface area contributed by atoms with Crippen LogP contribution in [0.5, 0.6) is 5.75 Å². The van der Waals surface area contributed by atoms with Crippen molar-refractivity contribution in [2.45, 2.75) is 6.42 Å². The van der Waals surface area contributed by atoms with Crippen molar-refractivity contribution < 1.29 is 18.3 Å². The Hall–Kier alpha value is -2.23. The first-order valence-corrected chi connectivity index (χ1v) is 5.81. The van der Waals surface area contributed by atoms with Crippen LogP contribution < -0.4 is 4.74 Å². The largest absolute Gasteiger partial charge is 0.487 e. The van der Waals surface area contributed by atoms with Gasteiger partial charge in [0.2, 0.25) is 0 Å². The van der Waals surface area contributed by atoms with Gasteiger partial charge in [-0.25, -0.2) is 8.78 Å². The zero-order chi connectivity index (χ0) is 13.7. The third kappa shape index (κ3) is 3.37. The van der Waals surface area contributed by atoms with E-state index in [1.807, 2.05) is 30.3 Å². The highest BCUT2D eigenvalue weighted by molar-refractivity contribution is 5.75. The Morgan fingerprint density at radius 1 is 1.05 bits per heavy atom. The molecule has 0 saturated heterocycles. The van der Waals surface area contributed by atoms with E-state index in [0.29, 0.717) is 12.7 Å². The molecule has 0 radical (unpaired) electrons. The van der Waals surface area contributed by atoms with Gasteiger partial charge in [-0.1, -0.05) is 30.3 Å². The molecule has 98 valence electrons. The molecule has 0 saturated carbocycles. The minimum atomic E-state index is -0.866. The molecule has 0 bridgehead atoms. The van der Waals surface area contributed by atoms with Crippen LogP contribution in [0.3, 0.4) is 0 Å². The Bertz CT molecular complexity index is 545. The number of ether oxygens (including phenoxy) is 1. The Morgan fingerprint density at radius 2 is 1.68 bits per heavy atom. The van der Waals surface area contributed by atoms with Gasteiger partial charge in [0, 0.05) is 12.0 Å². The van der Waals surface area contributed by atoms with E-state index in [1.165, 1.54) is 0 Å². The van der Waals surface area contributed by atoms with Crippen molar-refractivity contribution in [1.29, 1.82) is 0 Å². The summed E-state index contributed by atoms with van der Waals surface area (Å²) in [6, 6.07) is 11.4. The lowest BCUT2D eigenvalue weighted by molar-refractivity contribution is 0.112. The molecule has 0 fully saturated rings. The number of rotatable bonds is 5. The van der Waals surface area contributed by atoms with Crippen LogP contribution in [0.25, 0.3) is 0 Å². The number of halogens is 2. The number of carbonyl (C=O) groups excluding carboxylic acids is 1. The molecule has 2 aromatic rings. The maximum absolute atomic E-state index is 13.5. The second-order valence-corrected chi connectivity index (χ2v) is 4.02. The van der Waals surface area contributed by atoms with Gasteiger partial charge in [-0.15, -0.1) is 0 Å². The smallest absolute Gasteiger partial charge is 0.190 e. The lowest BCUT2D eigenvalue weighted by atomic mass is 10.2. The second kappa shape index (κ2) is 6.09. The van der Waals surface area contributed by atoms with E-state index in [4.69, 9.17) is 4.74 Å². The average molecular weight is 262 g/mol. The van der Waals surface area contributed by atoms with Crippen LogP contribution in [-0.2, 0) is 6.42 Å². The van der Waals surface area contributed by atoms with E-state index < -0.39 is 17.4 Å². The number of benzene rings is 2. The summed E-state index contributed by atoms with van der Waals surface area (Å²) in [7, 11) is 0. The fraction of sp³-hybridized carbons (Fsp3) is 0.133. The topological polar surface area (TPSA) is 26.3 Å². The predicted octanol–water partition coefficient (Wildman–Crippen LogP) is 3.40. The summed E-state index contributed by atoms with van der Waals surface area (Å²) in [5, 5.41) is 0. The maximum atomic E-state index is 13.5. The first-order valence-electron chi connectivity index (χ1n) is 5.81. The van der Waals surface area contributed by atoms with Gasteiger partial charge in [0.05, 0.1) is 6.61 Å². The standard InChI is InChI=1S/C15H12F2O2/c16-13-8-12(10-18)9-14(17)15(13)19-7-6-11-4-2-1-3-5-11/h1-5,8-10H,6-7H2. The quantitative estimate of drug-likeness (QED) is 0.772. The van der Waals surface area contributed by atoms with Crippen molar-refractivity contribution in [3.63, 3.8) is 0 Å². The molecule has 0 N–H and O–H groups in total. The summed E-state index contributed by atoms with van der Waals surface area (Å²) >= 11 is 0. The number of hydrogen-bond acceptors (Lipinski definition) is 2. The molecule has 0 aliphatic rings. The van der Waals surface area contributed by atoms with Crippen molar-refractivity contribution in [3.05, 3.63) is 65.2 Å². The molecular weight excluding hydrogens is 250 g/mol. The molecule has 4 heteroatoms. The summed E-state index contributed by atoms with van der Waals surface area (Å²) in [6.07, 6.45) is 0.940. The number of hydrogen-bond donors (Lipinski definition) is 0. The SMILES string of the molecule is O=Cc1cc(F)c(OCCc2ccccc2)c(F)c1. The van der Waals surface area contributed by atoms with Crippen LogP contribution in [-0.4, -0.2) is 12.9 Å². The van der Waals surface area contributed by atoms with Gasteiger partial charge in [-0.3, -0.25) is 4.79 Å². The average Bonchev–Trinajstić information content (AvgIpc) is 2.42. The van der Waals surface area contributed by atoms with Crippen molar-refractivity contribution in [2.24, 2.45) is 0 Å². The highest BCUT2D eigenvalue weighted by atomic mass is 19.1. The number of carbonyl (C=O) groups is 1. The molecular formula is C15H12F2O2. The Morgan fingerprint density at radius 3 is 2.26 bits per heavy atom. The molecule has 0 heterocycles. The van der Waals surface area contributed by atoms with E-state index in [0.717, 1.165) is 17.7 Å². The molecule has 0 unspecified atom stereocenters. The Labute approximate surface area is 109 Å². The lowest BCUT2D eigenvalue weighted by Gasteiger charge is -2.08. The lowest BCUT2D eigenvalue weighted by Crippen LogP contribution is -2.05. The van der Waals surface area contributed by atoms with Crippen molar-refractivity contribution in [3.8, 4) is 5.75 Å². The highest BCUT2D eigenvalue weighted by Gasteiger charge is 2.12. The molecule has 0 aliphatic carbocycles. The van der Waals surface area contributed by atoms with Crippen molar-refractivity contribution in [1.82, 2.24) is 0 Å². The van der Waals surface area contributed by atoms with Gasteiger partial charge < -0.3 is 4.74 Å². The van der Waals surface area contributed by atoms with Gasteiger partial charge >= 0.3 is 0 Å². The molecule has 0 amide bonds. The van der Waals surface area contributed by atoms with Crippen LogP contribution >= 0.6 is 0 Å². The van der Waals surface area contributed by atoms with Crippen molar-refractivity contribution in [2.75, 3.05) is 6.61 Å². The van der Waals surface area contributed by atoms with Crippen LogP contribution in [0.15, 0.2) is 42.5 Å². The van der Waals surface area contributed by atoms with Crippen LogP contribution in [0.4, 0.5) is 8.78 Å². The van der Waals surface area contributed by atoms with E-state index in [2.05, 4.69) is 0 Å². The van der Waals surface area contributed by atoms with Gasteiger partial charge in [-0.2, -0.15) is 0 Å². The third-order valence-corrected chi connectivity index (χ3v) is 2.64. The molecule has 2 rings (SSSR count). The predicted molar refractivity (Wildman–Crippen MR) is 67.4 cm³/mol. The minimum absolute atomic E-state index is 0.0505. The fourth-order valence-corrected chi connectivity index (χ4v) is 1.70. The zero-order valence-electron chi connectivity index (χ0n) is 10.1. The van der Waals surface area contributed by atoms with Crippen LogP contribution in [0.2, 0.25) is 0 Å². The summed E-state index contributed by atoms with van der Waals surface area (Å²) in [5.41, 5.74) is 0.971. The van der Waals surface area contributed by atoms with Crippen molar-refractivity contribution >= 4 is 6.29 Å². The number of aldehydes is 1. The van der Waals surface area contributed by atoms with Crippen LogP contribution in [0.1, 0.15) is 15.9 Å². The molecule has 0 aliphatic heterocycles. The third-order valence-electron chi connectivity index (χ3n) is 2.64. The van der Waals surface area contributed by atoms with E-state index in [9.17, 15) is 13.6 Å². The second-order valence-electron chi connectivity index (χ2n) is 4.02.